The van der Waals surface area contributed by atoms with Gasteiger partial charge in [-0.05, 0) is 43.2 Å². The number of benzene rings is 2. The molecule has 0 atom stereocenters. The lowest BCUT2D eigenvalue weighted by atomic mass is 10.2. The number of para-hydroxylation sites is 2. The molecular weight excluding hydrogens is 359 g/mol. The predicted octanol–water partition coefficient (Wildman–Crippen LogP) is 2.70. The van der Waals surface area contributed by atoms with Crippen molar-refractivity contribution in [3.63, 3.8) is 0 Å². The average Bonchev–Trinajstić information content (AvgIpc) is 2.70. The summed E-state index contributed by atoms with van der Waals surface area (Å²) in [5.74, 6) is 1.10. The first-order valence-corrected chi connectivity index (χ1v) is 9.46. The van der Waals surface area contributed by atoms with E-state index in [1.807, 2.05) is 37.3 Å². The molecular formula is C21H25FN4O2. The third-order valence-electron chi connectivity index (χ3n) is 4.31. The Balaban J connectivity index is 1.52. The number of ether oxygens (including phenoxy) is 1. The van der Waals surface area contributed by atoms with Gasteiger partial charge in [0, 0.05) is 19.6 Å². The van der Waals surface area contributed by atoms with E-state index in [0.717, 1.165) is 30.0 Å². The van der Waals surface area contributed by atoms with Gasteiger partial charge in [-0.25, -0.2) is 9.38 Å². The van der Waals surface area contributed by atoms with Gasteiger partial charge in [0.1, 0.15) is 11.6 Å². The molecule has 1 amide bonds. The number of anilines is 1. The molecule has 0 saturated carbocycles. The number of aliphatic imine (C=N–C) groups is 1. The number of amides is 1. The highest BCUT2D eigenvalue weighted by Crippen LogP contribution is 2.31. The standard InChI is InChI=1S/C21H25FN4O2/c1-2-23-21(25-14-16-7-5-8-17(22)13-16)24-11-6-12-26-18-9-3-4-10-19(18)28-15-20(26)27/h3-5,7-10,13H,2,6,11-12,14-15H2,1H3,(H2,23,24,25). The molecule has 0 radical (unpaired) electrons. The highest BCUT2D eigenvalue weighted by Gasteiger charge is 2.24. The summed E-state index contributed by atoms with van der Waals surface area (Å²) >= 11 is 0. The molecule has 6 nitrogen and oxygen atoms in total. The zero-order chi connectivity index (χ0) is 19.8. The fraction of sp³-hybridized carbons (Fsp3) is 0.333. The minimum atomic E-state index is -0.263. The van der Waals surface area contributed by atoms with Crippen LogP contribution in [0, 0.1) is 5.82 Å². The van der Waals surface area contributed by atoms with E-state index in [4.69, 9.17) is 4.74 Å². The van der Waals surface area contributed by atoms with Gasteiger partial charge >= 0.3 is 0 Å². The van der Waals surface area contributed by atoms with Crippen molar-refractivity contribution in [3.8, 4) is 5.75 Å². The molecule has 0 spiro atoms. The van der Waals surface area contributed by atoms with Gasteiger partial charge in [0.05, 0.1) is 12.2 Å². The summed E-state index contributed by atoms with van der Waals surface area (Å²) in [6.07, 6.45) is 0.754. The second-order valence-electron chi connectivity index (χ2n) is 6.41. The van der Waals surface area contributed by atoms with Crippen molar-refractivity contribution in [2.75, 3.05) is 31.1 Å². The fourth-order valence-electron chi connectivity index (χ4n) is 2.99. The Morgan fingerprint density at radius 3 is 2.89 bits per heavy atom. The van der Waals surface area contributed by atoms with E-state index in [9.17, 15) is 9.18 Å². The van der Waals surface area contributed by atoms with Crippen LogP contribution in [0.2, 0.25) is 0 Å². The number of carbonyl (C=O) groups excluding carboxylic acids is 1. The van der Waals surface area contributed by atoms with Crippen LogP contribution in [-0.2, 0) is 11.3 Å². The number of halogens is 1. The van der Waals surface area contributed by atoms with Crippen LogP contribution in [0.25, 0.3) is 0 Å². The van der Waals surface area contributed by atoms with E-state index in [2.05, 4.69) is 15.6 Å². The SMILES string of the molecule is CCNC(=NCc1cccc(F)c1)NCCCN1C(=O)COc2ccccc21. The Hall–Kier alpha value is -3.09. The zero-order valence-corrected chi connectivity index (χ0v) is 16.0. The van der Waals surface area contributed by atoms with Gasteiger partial charge in [0.15, 0.2) is 12.6 Å². The number of nitrogens with one attached hydrogen (secondary N) is 2. The molecule has 1 aliphatic heterocycles. The van der Waals surface area contributed by atoms with E-state index >= 15 is 0 Å². The molecule has 3 rings (SSSR count). The first kappa shape index (κ1) is 19.7. The van der Waals surface area contributed by atoms with Crippen LogP contribution in [0.5, 0.6) is 5.75 Å². The monoisotopic (exact) mass is 384 g/mol. The van der Waals surface area contributed by atoms with Crippen LogP contribution >= 0.6 is 0 Å². The van der Waals surface area contributed by atoms with Crippen molar-refractivity contribution in [1.82, 2.24) is 10.6 Å². The molecule has 1 aliphatic rings. The number of carbonyl (C=O) groups is 1. The predicted molar refractivity (Wildman–Crippen MR) is 108 cm³/mol. The van der Waals surface area contributed by atoms with Crippen molar-refractivity contribution in [2.45, 2.75) is 19.9 Å². The Bertz CT molecular complexity index is 841. The first-order chi connectivity index (χ1) is 13.7. The Morgan fingerprint density at radius 2 is 2.07 bits per heavy atom. The lowest BCUT2D eigenvalue weighted by Gasteiger charge is -2.29. The van der Waals surface area contributed by atoms with Crippen molar-refractivity contribution >= 4 is 17.6 Å². The van der Waals surface area contributed by atoms with Gasteiger partial charge in [-0.3, -0.25) is 4.79 Å². The minimum absolute atomic E-state index is 0.0367. The number of rotatable bonds is 7. The molecule has 28 heavy (non-hydrogen) atoms. The second-order valence-corrected chi connectivity index (χ2v) is 6.41. The lowest BCUT2D eigenvalue weighted by molar-refractivity contribution is -0.121. The highest BCUT2D eigenvalue weighted by molar-refractivity contribution is 5.97. The van der Waals surface area contributed by atoms with Crippen LogP contribution < -0.4 is 20.3 Å². The first-order valence-electron chi connectivity index (χ1n) is 9.46. The summed E-state index contributed by atoms with van der Waals surface area (Å²) in [6.45, 7) is 4.43. The molecule has 0 saturated heterocycles. The fourth-order valence-corrected chi connectivity index (χ4v) is 2.99. The summed E-state index contributed by atoms with van der Waals surface area (Å²) in [5.41, 5.74) is 1.62. The summed E-state index contributed by atoms with van der Waals surface area (Å²) in [7, 11) is 0. The molecule has 1 heterocycles. The van der Waals surface area contributed by atoms with Gasteiger partial charge in [0.25, 0.3) is 5.91 Å². The van der Waals surface area contributed by atoms with Crippen molar-refractivity contribution in [2.24, 2.45) is 4.99 Å². The molecule has 0 fully saturated rings. The average molecular weight is 384 g/mol. The summed E-state index contributed by atoms with van der Waals surface area (Å²) in [4.78, 5) is 18.4. The van der Waals surface area contributed by atoms with Crippen LogP contribution in [0.4, 0.5) is 10.1 Å². The number of hydrogen-bond acceptors (Lipinski definition) is 3. The Morgan fingerprint density at radius 1 is 1.21 bits per heavy atom. The molecule has 0 aliphatic carbocycles. The largest absolute Gasteiger partial charge is 0.482 e. The number of nitrogens with zero attached hydrogens (tertiary/aromatic N) is 2. The molecule has 2 N–H and O–H groups in total. The lowest BCUT2D eigenvalue weighted by Crippen LogP contribution is -2.42. The highest BCUT2D eigenvalue weighted by atomic mass is 19.1. The topological polar surface area (TPSA) is 66.0 Å². The van der Waals surface area contributed by atoms with Gasteiger partial charge in [-0.1, -0.05) is 24.3 Å². The number of fused-ring (bicyclic) bond motifs is 1. The van der Waals surface area contributed by atoms with E-state index in [-0.39, 0.29) is 18.3 Å². The normalized spacial score (nSPS) is 13.7. The maximum absolute atomic E-state index is 13.3. The van der Waals surface area contributed by atoms with Gasteiger partial charge in [-0.15, -0.1) is 0 Å². The zero-order valence-electron chi connectivity index (χ0n) is 16.0. The molecule has 0 bridgehead atoms. The van der Waals surface area contributed by atoms with Crippen LogP contribution in [0.1, 0.15) is 18.9 Å². The van der Waals surface area contributed by atoms with Crippen LogP contribution in [0.15, 0.2) is 53.5 Å². The molecule has 2 aromatic carbocycles. The van der Waals surface area contributed by atoms with Crippen LogP contribution in [-0.4, -0.2) is 38.1 Å². The maximum Gasteiger partial charge on any atom is 0.265 e. The third-order valence-corrected chi connectivity index (χ3v) is 4.31. The molecule has 2 aromatic rings. The third kappa shape index (κ3) is 5.22. The quantitative estimate of drug-likeness (QED) is 0.438. The molecule has 7 heteroatoms. The summed E-state index contributed by atoms with van der Waals surface area (Å²) in [5, 5.41) is 6.43. The van der Waals surface area contributed by atoms with Crippen LogP contribution in [0.3, 0.4) is 0 Å². The van der Waals surface area contributed by atoms with Gasteiger partial charge < -0.3 is 20.3 Å². The summed E-state index contributed by atoms with van der Waals surface area (Å²) in [6, 6.07) is 14.0. The van der Waals surface area contributed by atoms with Crippen molar-refractivity contribution < 1.29 is 13.9 Å². The number of guanidine groups is 1. The van der Waals surface area contributed by atoms with Gasteiger partial charge in [-0.2, -0.15) is 0 Å². The Kier molecular flexibility index (Phi) is 6.84. The van der Waals surface area contributed by atoms with Crippen molar-refractivity contribution in [3.05, 3.63) is 59.9 Å². The van der Waals surface area contributed by atoms with Gasteiger partial charge in [0.2, 0.25) is 0 Å². The van der Waals surface area contributed by atoms with E-state index < -0.39 is 0 Å². The van der Waals surface area contributed by atoms with E-state index in [1.54, 1.807) is 11.0 Å². The minimum Gasteiger partial charge on any atom is -0.482 e. The van der Waals surface area contributed by atoms with E-state index in [0.29, 0.717) is 25.6 Å². The summed E-state index contributed by atoms with van der Waals surface area (Å²) < 4.78 is 18.7. The van der Waals surface area contributed by atoms with Crippen molar-refractivity contribution in [1.29, 1.82) is 0 Å². The second kappa shape index (κ2) is 9.73. The van der Waals surface area contributed by atoms with E-state index in [1.165, 1.54) is 12.1 Å². The number of hydrogen-bond donors (Lipinski definition) is 2. The Labute approximate surface area is 164 Å². The smallest absolute Gasteiger partial charge is 0.265 e. The maximum atomic E-state index is 13.3. The molecule has 0 unspecified atom stereocenters. The molecule has 0 aromatic heterocycles. The molecule has 148 valence electrons.